The molecule has 8 nitrogen and oxygen atoms in total. The van der Waals surface area contributed by atoms with Crippen LogP contribution in [0.2, 0.25) is 0 Å². The lowest BCUT2D eigenvalue weighted by molar-refractivity contribution is -0.139. The Hall–Kier alpha value is -2.74. The zero-order chi connectivity index (χ0) is 19.2. The van der Waals surface area contributed by atoms with Crippen LogP contribution < -0.4 is 0 Å². The average Bonchev–Trinajstić information content (AvgIpc) is 3.12. The minimum atomic E-state index is -0.185. The van der Waals surface area contributed by atoms with Gasteiger partial charge in [-0.05, 0) is 31.4 Å². The van der Waals surface area contributed by atoms with Crippen molar-refractivity contribution in [2.75, 3.05) is 26.8 Å². The van der Waals surface area contributed by atoms with Gasteiger partial charge >= 0.3 is 0 Å². The number of likely N-dealkylation sites (tertiary alicyclic amines) is 1. The standard InChI is InChI=1S/C19H24N4O4/c1-14-18(27-13-21-14)19(25)22-8-4-6-16(11-22)23(17(24)12-26-2)10-15-5-3-7-20-9-15/h3,5,7,9,13,16H,4,6,8,10-12H2,1-2H3. The van der Waals surface area contributed by atoms with Crippen molar-refractivity contribution in [3.8, 4) is 0 Å². The van der Waals surface area contributed by atoms with Gasteiger partial charge in [-0.25, -0.2) is 4.98 Å². The SMILES string of the molecule is COCC(=O)N(Cc1cccnc1)C1CCCN(C(=O)c2ocnc2C)C1. The summed E-state index contributed by atoms with van der Waals surface area (Å²) in [7, 11) is 1.50. The summed E-state index contributed by atoms with van der Waals surface area (Å²) in [5, 5.41) is 0. The van der Waals surface area contributed by atoms with Gasteiger partial charge in [0, 0.05) is 45.2 Å². The monoisotopic (exact) mass is 372 g/mol. The van der Waals surface area contributed by atoms with E-state index in [1.807, 2.05) is 12.1 Å². The van der Waals surface area contributed by atoms with Crippen molar-refractivity contribution in [1.29, 1.82) is 0 Å². The maximum Gasteiger partial charge on any atom is 0.291 e. The van der Waals surface area contributed by atoms with Crippen molar-refractivity contribution in [2.45, 2.75) is 32.4 Å². The van der Waals surface area contributed by atoms with Crippen molar-refractivity contribution in [3.05, 3.63) is 47.9 Å². The molecule has 0 N–H and O–H groups in total. The molecule has 27 heavy (non-hydrogen) atoms. The van der Waals surface area contributed by atoms with Gasteiger partial charge in [0.05, 0.1) is 5.69 Å². The number of hydrogen-bond acceptors (Lipinski definition) is 6. The Morgan fingerprint density at radius 1 is 1.44 bits per heavy atom. The number of aromatic nitrogens is 2. The molecular weight excluding hydrogens is 348 g/mol. The largest absolute Gasteiger partial charge is 0.438 e. The summed E-state index contributed by atoms with van der Waals surface area (Å²) in [6, 6.07) is 3.69. The molecule has 1 unspecified atom stereocenters. The van der Waals surface area contributed by atoms with Gasteiger partial charge in [0.25, 0.3) is 5.91 Å². The van der Waals surface area contributed by atoms with Crippen molar-refractivity contribution >= 4 is 11.8 Å². The minimum Gasteiger partial charge on any atom is -0.438 e. The highest BCUT2D eigenvalue weighted by Crippen LogP contribution is 2.21. The smallest absolute Gasteiger partial charge is 0.291 e. The van der Waals surface area contributed by atoms with Crippen LogP contribution in [0.15, 0.2) is 35.3 Å². The second kappa shape index (κ2) is 8.77. The number of rotatable bonds is 6. The van der Waals surface area contributed by atoms with Crippen LogP contribution in [0.5, 0.6) is 0 Å². The van der Waals surface area contributed by atoms with Crippen LogP contribution in [-0.2, 0) is 16.1 Å². The van der Waals surface area contributed by atoms with E-state index in [2.05, 4.69) is 9.97 Å². The summed E-state index contributed by atoms with van der Waals surface area (Å²) in [5.41, 5.74) is 1.52. The van der Waals surface area contributed by atoms with Gasteiger partial charge in [-0.2, -0.15) is 0 Å². The molecule has 1 aliphatic heterocycles. The Bertz CT molecular complexity index is 777. The van der Waals surface area contributed by atoms with E-state index in [-0.39, 0.29) is 30.2 Å². The Labute approximate surface area is 158 Å². The highest BCUT2D eigenvalue weighted by Gasteiger charge is 2.32. The number of carbonyl (C=O) groups excluding carboxylic acids is 2. The van der Waals surface area contributed by atoms with Crippen molar-refractivity contribution in [1.82, 2.24) is 19.8 Å². The van der Waals surface area contributed by atoms with Crippen LogP contribution in [0.4, 0.5) is 0 Å². The van der Waals surface area contributed by atoms with Crippen molar-refractivity contribution in [2.24, 2.45) is 0 Å². The molecule has 3 heterocycles. The molecule has 1 aliphatic rings. The molecule has 0 bridgehead atoms. The fourth-order valence-corrected chi connectivity index (χ4v) is 3.36. The summed E-state index contributed by atoms with van der Waals surface area (Å²) >= 11 is 0. The third kappa shape index (κ3) is 4.51. The zero-order valence-corrected chi connectivity index (χ0v) is 15.6. The number of nitrogens with zero attached hydrogens (tertiary/aromatic N) is 4. The van der Waals surface area contributed by atoms with E-state index in [4.69, 9.17) is 9.15 Å². The van der Waals surface area contributed by atoms with E-state index in [0.29, 0.717) is 25.3 Å². The molecule has 1 saturated heterocycles. The highest BCUT2D eigenvalue weighted by atomic mass is 16.5. The van der Waals surface area contributed by atoms with Crippen molar-refractivity contribution < 1.29 is 18.7 Å². The number of oxazole rings is 1. The normalized spacial score (nSPS) is 17.0. The number of carbonyl (C=O) groups is 2. The number of amides is 2. The first-order chi connectivity index (χ1) is 13.1. The van der Waals surface area contributed by atoms with Crippen LogP contribution in [0.1, 0.15) is 34.7 Å². The number of ether oxygens (including phenoxy) is 1. The summed E-state index contributed by atoms with van der Waals surface area (Å²) < 4.78 is 10.3. The molecule has 1 fully saturated rings. The molecule has 0 saturated carbocycles. The van der Waals surface area contributed by atoms with Crippen LogP contribution in [-0.4, -0.2) is 64.4 Å². The molecule has 0 aromatic carbocycles. The van der Waals surface area contributed by atoms with Gasteiger partial charge in [-0.3, -0.25) is 14.6 Å². The molecule has 2 aromatic heterocycles. The van der Waals surface area contributed by atoms with Gasteiger partial charge in [-0.1, -0.05) is 6.07 Å². The molecule has 0 radical (unpaired) electrons. The zero-order valence-electron chi connectivity index (χ0n) is 15.6. The number of aryl methyl sites for hydroxylation is 1. The van der Waals surface area contributed by atoms with E-state index in [0.717, 1.165) is 18.4 Å². The summed E-state index contributed by atoms with van der Waals surface area (Å²) in [4.78, 5) is 37.0. The van der Waals surface area contributed by atoms with Gasteiger partial charge in [-0.15, -0.1) is 0 Å². The predicted octanol–water partition coefficient (Wildman–Crippen LogP) is 1.66. The lowest BCUT2D eigenvalue weighted by atomic mass is 10.0. The van der Waals surface area contributed by atoms with E-state index in [9.17, 15) is 9.59 Å². The third-order valence-corrected chi connectivity index (χ3v) is 4.73. The Balaban J connectivity index is 1.76. The summed E-state index contributed by atoms with van der Waals surface area (Å²) in [6.07, 6.45) is 6.37. The fourth-order valence-electron chi connectivity index (χ4n) is 3.36. The maximum atomic E-state index is 12.8. The van der Waals surface area contributed by atoms with E-state index >= 15 is 0 Å². The lowest BCUT2D eigenvalue weighted by Crippen LogP contribution is -2.52. The van der Waals surface area contributed by atoms with Gasteiger partial charge in [0.1, 0.15) is 6.61 Å². The molecule has 0 aliphatic carbocycles. The topological polar surface area (TPSA) is 88.8 Å². The first kappa shape index (κ1) is 19.0. The van der Waals surface area contributed by atoms with Crippen LogP contribution in [0.25, 0.3) is 0 Å². The molecule has 0 spiro atoms. The molecule has 2 amide bonds. The molecule has 2 aromatic rings. The first-order valence-electron chi connectivity index (χ1n) is 8.96. The minimum absolute atomic E-state index is 0.00587. The second-order valence-corrected chi connectivity index (χ2v) is 6.63. The number of methoxy groups -OCH3 is 1. The number of piperidine rings is 1. The fraction of sp³-hybridized carbons (Fsp3) is 0.474. The Morgan fingerprint density at radius 2 is 2.30 bits per heavy atom. The molecule has 144 valence electrons. The summed E-state index contributed by atoms with van der Waals surface area (Å²) in [5.74, 6) is -0.0237. The van der Waals surface area contributed by atoms with Gasteiger partial charge < -0.3 is 19.0 Å². The lowest BCUT2D eigenvalue weighted by Gasteiger charge is -2.39. The van der Waals surface area contributed by atoms with Crippen molar-refractivity contribution in [3.63, 3.8) is 0 Å². The quantitative estimate of drug-likeness (QED) is 0.766. The maximum absolute atomic E-state index is 12.8. The van der Waals surface area contributed by atoms with Crippen LogP contribution in [0.3, 0.4) is 0 Å². The van der Waals surface area contributed by atoms with Gasteiger partial charge in [0.2, 0.25) is 11.7 Å². The molecular formula is C19H24N4O4. The average molecular weight is 372 g/mol. The van der Waals surface area contributed by atoms with E-state index in [1.165, 1.54) is 13.5 Å². The Kier molecular flexibility index (Phi) is 6.18. The number of pyridine rings is 1. The van der Waals surface area contributed by atoms with Crippen LogP contribution in [0, 0.1) is 6.92 Å². The molecule has 1 atom stereocenters. The predicted molar refractivity (Wildman–Crippen MR) is 96.8 cm³/mol. The third-order valence-electron chi connectivity index (χ3n) is 4.73. The Morgan fingerprint density at radius 3 is 2.96 bits per heavy atom. The highest BCUT2D eigenvalue weighted by molar-refractivity contribution is 5.92. The van der Waals surface area contributed by atoms with E-state index in [1.54, 1.807) is 29.1 Å². The summed E-state index contributed by atoms with van der Waals surface area (Å²) in [6.45, 7) is 3.27. The van der Waals surface area contributed by atoms with Crippen LogP contribution >= 0.6 is 0 Å². The molecule has 3 rings (SSSR count). The first-order valence-corrected chi connectivity index (χ1v) is 8.96. The number of hydrogen-bond donors (Lipinski definition) is 0. The second-order valence-electron chi connectivity index (χ2n) is 6.63. The van der Waals surface area contributed by atoms with Gasteiger partial charge in [0.15, 0.2) is 6.39 Å². The molecule has 8 heteroatoms. The van der Waals surface area contributed by atoms with E-state index < -0.39 is 0 Å².